The lowest BCUT2D eigenvalue weighted by atomic mass is 9.95. The number of rotatable bonds is 5. The summed E-state index contributed by atoms with van der Waals surface area (Å²) in [5, 5.41) is 4.03. The van der Waals surface area contributed by atoms with Crippen LogP contribution in [0.1, 0.15) is 51.0 Å². The van der Waals surface area contributed by atoms with Crippen molar-refractivity contribution < 1.29 is 9.21 Å². The van der Waals surface area contributed by atoms with Gasteiger partial charge in [-0.05, 0) is 63.0 Å². The summed E-state index contributed by atoms with van der Waals surface area (Å²) < 4.78 is 5.27. The summed E-state index contributed by atoms with van der Waals surface area (Å²) in [5.74, 6) is 0.137. The Labute approximate surface area is 163 Å². The number of carbonyl (C=O) groups excluding carboxylic acids is 1. The van der Waals surface area contributed by atoms with E-state index in [9.17, 15) is 4.79 Å². The zero-order chi connectivity index (χ0) is 18.8. The molecule has 1 fully saturated rings. The van der Waals surface area contributed by atoms with Crippen molar-refractivity contribution in [2.24, 2.45) is 0 Å². The van der Waals surface area contributed by atoms with Crippen LogP contribution in [-0.4, -0.2) is 23.9 Å². The average Bonchev–Trinajstić information content (AvgIpc) is 3.42. The molecular weight excluding hydrogens is 356 g/mol. The van der Waals surface area contributed by atoms with Crippen molar-refractivity contribution >= 4 is 22.2 Å². The van der Waals surface area contributed by atoms with Crippen molar-refractivity contribution in [1.29, 1.82) is 0 Å². The predicted molar refractivity (Wildman–Crippen MR) is 110 cm³/mol. The number of amides is 1. The second kappa shape index (κ2) is 7.71. The van der Waals surface area contributed by atoms with E-state index in [0.29, 0.717) is 5.76 Å². The predicted octanol–water partition coefficient (Wildman–Crippen LogP) is 5.40. The molecule has 1 aliphatic rings. The minimum absolute atomic E-state index is 0.158. The van der Waals surface area contributed by atoms with Gasteiger partial charge in [-0.3, -0.25) is 9.69 Å². The molecule has 27 heavy (non-hydrogen) atoms. The minimum Gasteiger partial charge on any atom is -0.459 e. The zero-order valence-corrected chi connectivity index (χ0v) is 16.5. The Kier molecular flexibility index (Phi) is 5.14. The fourth-order valence-electron chi connectivity index (χ4n) is 3.83. The van der Waals surface area contributed by atoms with Crippen molar-refractivity contribution in [3.05, 3.63) is 76.1 Å². The van der Waals surface area contributed by atoms with Gasteiger partial charge in [-0.1, -0.05) is 30.3 Å². The highest BCUT2D eigenvalue weighted by molar-refractivity contribution is 7.16. The molecule has 4 nitrogen and oxygen atoms in total. The van der Waals surface area contributed by atoms with Gasteiger partial charge in [0.25, 0.3) is 5.91 Å². The topological polar surface area (TPSA) is 45.5 Å². The highest BCUT2D eigenvalue weighted by atomic mass is 32.1. The number of hydrogen-bond donors (Lipinski definition) is 1. The highest BCUT2D eigenvalue weighted by Gasteiger charge is 2.31. The van der Waals surface area contributed by atoms with Gasteiger partial charge in [0.1, 0.15) is 5.00 Å². The van der Waals surface area contributed by atoms with Crippen molar-refractivity contribution in [1.82, 2.24) is 4.90 Å². The smallest absolute Gasteiger partial charge is 0.291 e. The number of hydrogen-bond acceptors (Lipinski definition) is 4. The van der Waals surface area contributed by atoms with Gasteiger partial charge < -0.3 is 9.73 Å². The van der Waals surface area contributed by atoms with E-state index in [-0.39, 0.29) is 11.9 Å². The van der Waals surface area contributed by atoms with Crippen LogP contribution >= 0.6 is 11.3 Å². The Hall–Kier alpha value is -2.37. The maximum absolute atomic E-state index is 12.6. The van der Waals surface area contributed by atoms with E-state index in [2.05, 4.69) is 54.4 Å². The molecule has 0 saturated carbocycles. The minimum atomic E-state index is -0.198. The van der Waals surface area contributed by atoms with Gasteiger partial charge in [-0.15, -0.1) is 11.3 Å². The summed E-state index contributed by atoms with van der Waals surface area (Å²) in [4.78, 5) is 16.4. The second-order valence-corrected chi connectivity index (χ2v) is 8.24. The van der Waals surface area contributed by atoms with Crippen molar-refractivity contribution in [2.75, 3.05) is 18.4 Å². The van der Waals surface area contributed by atoms with Crippen molar-refractivity contribution in [3.63, 3.8) is 0 Å². The first-order valence-corrected chi connectivity index (χ1v) is 10.2. The molecule has 0 spiro atoms. The molecule has 1 amide bonds. The van der Waals surface area contributed by atoms with Gasteiger partial charge in [0.2, 0.25) is 0 Å². The van der Waals surface area contributed by atoms with Crippen LogP contribution in [0.3, 0.4) is 0 Å². The molecule has 0 radical (unpaired) electrons. The van der Waals surface area contributed by atoms with E-state index in [1.807, 2.05) is 0 Å². The molecule has 0 unspecified atom stereocenters. The molecule has 1 atom stereocenters. The number of furan rings is 1. The van der Waals surface area contributed by atoms with Crippen LogP contribution in [0.4, 0.5) is 5.00 Å². The molecule has 2 aromatic heterocycles. The van der Waals surface area contributed by atoms with Crippen LogP contribution in [0, 0.1) is 13.8 Å². The number of nitrogens with zero attached hydrogens (tertiary/aromatic N) is 1. The lowest BCUT2D eigenvalue weighted by Gasteiger charge is -2.29. The van der Waals surface area contributed by atoms with Crippen LogP contribution in [0.5, 0.6) is 0 Å². The third-order valence-corrected chi connectivity index (χ3v) is 6.44. The van der Waals surface area contributed by atoms with E-state index < -0.39 is 0 Å². The molecule has 5 heteroatoms. The summed E-state index contributed by atoms with van der Waals surface area (Å²) >= 11 is 1.65. The van der Waals surface area contributed by atoms with Crippen LogP contribution in [0.2, 0.25) is 0 Å². The molecule has 0 bridgehead atoms. The number of carbonyl (C=O) groups is 1. The number of likely N-dealkylation sites (tertiary alicyclic amines) is 1. The number of benzene rings is 1. The van der Waals surface area contributed by atoms with Crippen LogP contribution in [-0.2, 0) is 0 Å². The Morgan fingerprint density at radius 3 is 2.52 bits per heavy atom. The van der Waals surface area contributed by atoms with E-state index >= 15 is 0 Å². The molecule has 1 saturated heterocycles. The Morgan fingerprint density at radius 1 is 1.11 bits per heavy atom. The third-order valence-electron chi connectivity index (χ3n) is 5.30. The number of thiophene rings is 1. The van der Waals surface area contributed by atoms with Gasteiger partial charge >= 0.3 is 0 Å². The Bertz CT molecular complexity index is 909. The maximum atomic E-state index is 12.6. The lowest BCUT2D eigenvalue weighted by Crippen LogP contribution is -2.27. The normalized spacial score (nSPS) is 15.8. The van der Waals surface area contributed by atoms with E-state index in [1.54, 1.807) is 23.5 Å². The maximum Gasteiger partial charge on any atom is 0.291 e. The second-order valence-electron chi connectivity index (χ2n) is 7.01. The van der Waals surface area contributed by atoms with Gasteiger partial charge in [0.05, 0.1) is 12.3 Å². The molecular formula is C22H24N2O2S. The monoisotopic (exact) mass is 380 g/mol. The first kappa shape index (κ1) is 18.0. The molecule has 1 aromatic carbocycles. The summed E-state index contributed by atoms with van der Waals surface area (Å²) in [5.41, 5.74) is 3.75. The van der Waals surface area contributed by atoms with Gasteiger partial charge in [-0.25, -0.2) is 0 Å². The fourth-order valence-corrected chi connectivity index (χ4v) is 4.92. The SMILES string of the molecule is Cc1sc(NC(=O)c2ccco2)c([C@H](c2ccccc2)N2CCCC2)c1C. The Morgan fingerprint density at radius 2 is 1.85 bits per heavy atom. The van der Waals surface area contributed by atoms with Crippen LogP contribution in [0.25, 0.3) is 0 Å². The quantitative estimate of drug-likeness (QED) is 0.645. The van der Waals surface area contributed by atoms with E-state index in [4.69, 9.17) is 4.42 Å². The van der Waals surface area contributed by atoms with E-state index in [1.165, 1.54) is 40.7 Å². The summed E-state index contributed by atoms with van der Waals surface area (Å²) in [6, 6.07) is 14.2. The van der Waals surface area contributed by atoms with Gasteiger partial charge in [-0.2, -0.15) is 0 Å². The first-order chi connectivity index (χ1) is 13.1. The number of anilines is 1. The zero-order valence-electron chi connectivity index (χ0n) is 15.7. The van der Waals surface area contributed by atoms with Gasteiger partial charge in [0.15, 0.2) is 5.76 Å². The first-order valence-electron chi connectivity index (χ1n) is 9.39. The number of nitrogens with one attached hydrogen (secondary N) is 1. The highest BCUT2D eigenvalue weighted by Crippen LogP contribution is 2.43. The van der Waals surface area contributed by atoms with Crippen LogP contribution in [0.15, 0.2) is 53.1 Å². The molecule has 140 valence electrons. The van der Waals surface area contributed by atoms with E-state index in [0.717, 1.165) is 18.1 Å². The average molecular weight is 381 g/mol. The molecule has 0 aliphatic carbocycles. The number of aryl methyl sites for hydroxylation is 1. The largest absolute Gasteiger partial charge is 0.459 e. The molecule has 1 aliphatic heterocycles. The summed E-state index contributed by atoms with van der Waals surface area (Å²) in [6.07, 6.45) is 3.97. The van der Waals surface area contributed by atoms with Crippen molar-refractivity contribution in [3.8, 4) is 0 Å². The lowest BCUT2D eigenvalue weighted by molar-refractivity contribution is 0.0997. The third kappa shape index (κ3) is 3.57. The van der Waals surface area contributed by atoms with Crippen molar-refractivity contribution in [2.45, 2.75) is 32.7 Å². The molecule has 4 rings (SSSR count). The Balaban J connectivity index is 1.76. The van der Waals surface area contributed by atoms with Gasteiger partial charge in [0, 0.05) is 10.4 Å². The summed E-state index contributed by atoms with van der Waals surface area (Å²) in [6.45, 7) is 6.45. The standard InChI is InChI=1S/C22H24N2O2S/c1-15-16(2)27-22(23-21(25)18-11-8-14-26-18)19(15)20(24-12-6-7-13-24)17-9-4-3-5-10-17/h3-5,8-11,14,20H,6-7,12-13H2,1-2H3,(H,23,25)/t20-/m0/s1. The van der Waals surface area contributed by atoms with Crippen LogP contribution < -0.4 is 5.32 Å². The molecule has 3 aromatic rings. The fraction of sp³-hybridized carbons (Fsp3) is 0.318. The molecule has 3 heterocycles. The summed E-state index contributed by atoms with van der Waals surface area (Å²) in [7, 11) is 0. The molecule has 1 N–H and O–H groups in total.